The van der Waals surface area contributed by atoms with E-state index in [-0.39, 0.29) is 0 Å². The van der Waals surface area contributed by atoms with E-state index in [9.17, 15) is 0 Å². The molecule has 0 aromatic carbocycles. The van der Waals surface area contributed by atoms with Crippen molar-refractivity contribution in [1.29, 1.82) is 0 Å². The Morgan fingerprint density at radius 1 is 1.47 bits per heavy atom. The summed E-state index contributed by atoms with van der Waals surface area (Å²) in [5, 5.41) is 3.65. The van der Waals surface area contributed by atoms with Crippen LogP contribution in [0, 0.1) is 5.92 Å². The third-order valence-electron chi connectivity index (χ3n) is 3.76. The molecular formula is C13H22N2. The van der Waals surface area contributed by atoms with Crippen LogP contribution in [0.4, 0.5) is 0 Å². The zero-order chi connectivity index (χ0) is 10.7. The van der Waals surface area contributed by atoms with Crippen molar-refractivity contribution in [2.75, 3.05) is 0 Å². The van der Waals surface area contributed by atoms with Gasteiger partial charge in [-0.1, -0.05) is 12.8 Å². The van der Waals surface area contributed by atoms with Crippen molar-refractivity contribution < 1.29 is 0 Å². The second-order valence-electron chi connectivity index (χ2n) is 4.82. The van der Waals surface area contributed by atoms with E-state index in [1.54, 1.807) is 0 Å². The Morgan fingerprint density at radius 2 is 2.20 bits per heavy atom. The average Bonchev–Trinajstić information content (AvgIpc) is 2.85. The van der Waals surface area contributed by atoms with Gasteiger partial charge in [-0.05, 0) is 37.8 Å². The number of hydrogen-bond acceptors (Lipinski definition) is 1. The molecule has 1 saturated carbocycles. The van der Waals surface area contributed by atoms with Crippen LogP contribution in [0.3, 0.4) is 0 Å². The summed E-state index contributed by atoms with van der Waals surface area (Å²) >= 11 is 0. The minimum absolute atomic E-state index is 0.669. The summed E-state index contributed by atoms with van der Waals surface area (Å²) in [4.78, 5) is 0. The minimum Gasteiger partial charge on any atom is -0.353 e. The number of aryl methyl sites for hydroxylation is 1. The Balaban J connectivity index is 1.80. The van der Waals surface area contributed by atoms with Crippen LogP contribution >= 0.6 is 0 Å². The van der Waals surface area contributed by atoms with Crippen LogP contribution in [0.2, 0.25) is 0 Å². The lowest BCUT2D eigenvalue weighted by molar-refractivity contribution is 0.377. The maximum atomic E-state index is 3.65. The van der Waals surface area contributed by atoms with E-state index in [1.165, 1.54) is 31.4 Å². The van der Waals surface area contributed by atoms with Crippen LogP contribution in [0.1, 0.15) is 38.3 Å². The number of rotatable bonds is 4. The van der Waals surface area contributed by atoms with Crippen LogP contribution < -0.4 is 5.32 Å². The summed E-state index contributed by atoms with van der Waals surface area (Å²) < 4.78 is 2.19. The van der Waals surface area contributed by atoms with E-state index in [2.05, 4.69) is 42.2 Å². The third-order valence-corrected chi connectivity index (χ3v) is 3.76. The molecule has 2 rings (SSSR count). The van der Waals surface area contributed by atoms with Gasteiger partial charge < -0.3 is 9.88 Å². The van der Waals surface area contributed by atoms with Crippen molar-refractivity contribution >= 4 is 0 Å². The van der Waals surface area contributed by atoms with Gasteiger partial charge in [0.1, 0.15) is 0 Å². The van der Waals surface area contributed by atoms with Gasteiger partial charge in [-0.3, -0.25) is 0 Å². The zero-order valence-corrected chi connectivity index (χ0v) is 9.87. The van der Waals surface area contributed by atoms with Gasteiger partial charge in [0, 0.05) is 31.5 Å². The minimum atomic E-state index is 0.669. The number of nitrogens with zero attached hydrogens (tertiary/aromatic N) is 1. The highest BCUT2D eigenvalue weighted by atomic mass is 15.0. The molecule has 15 heavy (non-hydrogen) atoms. The molecule has 1 atom stereocenters. The van der Waals surface area contributed by atoms with Crippen LogP contribution in [0.5, 0.6) is 0 Å². The first-order chi connectivity index (χ1) is 7.27. The first-order valence-corrected chi connectivity index (χ1v) is 6.11. The molecule has 2 nitrogen and oxygen atoms in total. The predicted molar refractivity (Wildman–Crippen MR) is 63.7 cm³/mol. The summed E-state index contributed by atoms with van der Waals surface area (Å²) in [5.41, 5.74) is 1.37. The molecule has 0 amide bonds. The molecule has 84 valence electrons. The Labute approximate surface area is 92.7 Å². The Kier molecular flexibility index (Phi) is 3.47. The molecule has 0 spiro atoms. The molecule has 1 aliphatic rings. The molecule has 1 aliphatic carbocycles. The van der Waals surface area contributed by atoms with Gasteiger partial charge in [-0.25, -0.2) is 0 Å². The zero-order valence-electron chi connectivity index (χ0n) is 9.87. The van der Waals surface area contributed by atoms with E-state index < -0.39 is 0 Å². The third kappa shape index (κ3) is 2.63. The maximum Gasteiger partial charge on any atom is 0.0361 e. The van der Waals surface area contributed by atoms with Gasteiger partial charge in [0.15, 0.2) is 0 Å². The fourth-order valence-electron chi connectivity index (χ4n) is 2.57. The maximum absolute atomic E-state index is 3.65. The fourth-order valence-corrected chi connectivity index (χ4v) is 2.57. The monoisotopic (exact) mass is 206 g/mol. The van der Waals surface area contributed by atoms with Crippen LogP contribution in [0.25, 0.3) is 0 Å². The van der Waals surface area contributed by atoms with Crippen molar-refractivity contribution in [3.8, 4) is 0 Å². The summed E-state index contributed by atoms with van der Waals surface area (Å²) in [6, 6.07) is 4.97. The molecule has 2 heteroatoms. The Hall–Kier alpha value is -0.760. The lowest BCUT2D eigenvalue weighted by Crippen LogP contribution is -2.32. The van der Waals surface area contributed by atoms with Crippen molar-refractivity contribution in [3.05, 3.63) is 24.0 Å². The van der Waals surface area contributed by atoms with Crippen LogP contribution in [-0.4, -0.2) is 10.6 Å². The van der Waals surface area contributed by atoms with Gasteiger partial charge >= 0.3 is 0 Å². The molecule has 1 fully saturated rings. The van der Waals surface area contributed by atoms with Gasteiger partial charge in [0.2, 0.25) is 0 Å². The van der Waals surface area contributed by atoms with Crippen LogP contribution in [-0.2, 0) is 13.6 Å². The quantitative estimate of drug-likeness (QED) is 0.801. The van der Waals surface area contributed by atoms with Crippen molar-refractivity contribution in [3.63, 3.8) is 0 Å². The molecule has 0 aliphatic heterocycles. The Morgan fingerprint density at radius 3 is 2.80 bits per heavy atom. The molecule has 1 N–H and O–H groups in total. The Bertz CT molecular complexity index is 297. The summed E-state index contributed by atoms with van der Waals surface area (Å²) in [5.74, 6) is 0.908. The number of nitrogens with one attached hydrogen (secondary N) is 1. The molecular weight excluding hydrogens is 184 g/mol. The van der Waals surface area contributed by atoms with Crippen molar-refractivity contribution in [1.82, 2.24) is 9.88 Å². The molecule has 0 radical (unpaired) electrons. The summed E-state index contributed by atoms with van der Waals surface area (Å²) in [6.45, 7) is 3.33. The standard InChI is InChI=1S/C13H22N2/c1-11(12-6-3-4-7-12)14-10-13-8-5-9-15(13)2/h5,8-9,11-12,14H,3-4,6-7,10H2,1-2H3/t11-/m0/s1. The van der Waals surface area contributed by atoms with E-state index >= 15 is 0 Å². The molecule has 0 saturated heterocycles. The molecule has 1 aromatic heterocycles. The highest BCUT2D eigenvalue weighted by Crippen LogP contribution is 2.27. The fraction of sp³-hybridized carbons (Fsp3) is 0.692. The lowest BCUT2D eigenvalue weighted by Gasteiger charge is -2.20. The van der Waals surface area contributed by atoms with E-state index in [0.29, 0.717) is 6.04 Å². The van der Waals surface area contributed by atoms with Gasteiger partial charge in [0.25, 0.3) is 0 Å². The van der Waals surface area contributed by atoms with Gasteiger partial charge in [-0.2, -0.15) is 0 Å². The topological polar surface area (TPSA) is 17.0 Å². The molecule has 1 heterocycles. The summed E-state index contributed by atoms with van der Waals surface area (Å²) in [6.07, 6.45) is 7.81. The van der Waals surface area contributed by atoms with Crippen LogP contribution in [0.15, 0.2) is 18.3 Å². The van der Waals surface area contributed by atoms with Crippen molar-refractivity contribution in [2.24, 2.45) is 13.0 Å². The largest absolute Gasteiger partial charge is 0.353 e. The second-order valence-corrected chi connectivity index (χ2v) is 4.82. The molecule has 0 bridgehead atoms. The molecule has 1 aromatic rings. The summed E-state index contributed by atoms with van der Waals surface area (Å²) in [7, 11) is 2.11. The number of hydrogen-bond donors (Lipinski definition) is 1. The first kappa shape index (κ1) is 10.7. The van der Waals surface area contributed by atoms with E-state index in [0.717, 1.165) is 12.5 Å². The second kappa shape index (κ2) is 4.84. The highest BCUT2D eigenvalue weighted by molar-refractivity contribution is 5.06. The predicted octanol–water partition coefficient (Wildman–Crippen LogP) is 2.69. The normalized spacial score (nSPS) is 19.6. The first-order valence-electron chi connectivity index (χ1n) is 6.11. The van der Waals surface area contributed by atoms with Crippen molar-refractivity contribution in [2.45, 2.75) is 45.2 Å². The molecule has 0 unspecified atom stereocenters. The van der Waals surface area contributed by atoms with Gasteiger partial charge in [-0.15, -0.1) is 0 Å². The van der Waals surface area contributed by atoms with Gasteiger partial charge in [0.05, 0.1) is 0 Å². The van der Waals surface area contributed by atoms with E-state index in [1.807, 2.05) is 0 Å². The highest BCUT2D eigenvalue weighted by Gasteiger charge is 2.20. The SMILES string of the molecule is C[C@H](NCc1cccn1C)C1CCCC1. The van der Waals surface area contributed by atoms with E-state index in [4.69, 9.17) is 0 Å². The lowest BCUT2D eigenvalue weighted by atomic mass is 10.00. The average molecular weight is 206 g/mol. The smallest absolute Gasteiger partial charge is 0.0361 e. The number of aromatic nitrogens is 1.